The molecule has 0 spiro atoms. The van der Waals surface area contributed by atoms with Crippen LogP contribution in [0.3, 0.4) is 0 Å². The molecule has 1 saturated heterocycles. The zero-order valence-corrected chi connectivity index (χ0v) is 14.3. The Morgan fingerprint density at radius 2 is 2.20 bits per heavy atom. The fraction of sp³-hybridized carbons (Fsp3) is 0.412. The van der Waals surface area contributed by atoms with Gasteiger partial charge in [-0.25, -0.2) is 4.98 Å². The van der Waals surface area contributed by atoms with Gasteiger partial charge >= 0.3 is 0 Å². The van der Waals surface area contributed by atoms with E-state index in [0.717, 1.165) is 26.2 Å². The van der Waals surface area contributed by atoms with E-state index >= 15 is 0 Å². The Bertz CT molecular complexity index is 847. The molecule has 1 N–H and O–H groups in total. The van der Waals surface area contributed by atoms with Gasteiger partial charge < -0.3 is 10.2 Å². The molecule has 1 aromatic carbocycles. The van der Waals surface area contributed by atoms with Crippen LogP contribution in [0.15, 0.2) is 24.3 Å². The molecule has 130 valence electrons. The zero-order valence-electron chi connectivity index (χ0n) is 14.3. The number of hydrogen-bond acceptors (Lipinski definition) is 7. The lowest BCUT2D eigenvalue weighted by Gasteiger charge is -2.37. The van der Waals surface area contributed by atoms with Gasteiger partial charge in [-0.15, -0.1) is 0 Å². The molecule has 0 saturated carbocycles. The molecule has 0 unspecified atom stereocenters. The summed E-state index contributed by atoms with van der Waals surface area (Å²) in [5.74, 6) is 0.611. The summed E-state index contributed by atoms with van der Waals surface area (Å²) in [5, 5.41) is 24.1. The van der Waals surface area contributed by atoms with E-state index in [1.165, 1.54) is 12.1 Å². The van der Waals surface area contributed by atoms with Crippen molar-refractivity contribution in [3.8, 4) is 6.07 Å². The molecule has 0 aliphatic carbocycles. The molecule has 1 aliphatic heterocycles. The highest BCUT2D eigenvalue weighted by Gasteiger charge is 2.22. The Morgan fingerprint density at radius 3 is 2.92 bits per heavy atom. The van der Waals surface area contributed by atoms with E-state index in [1.54, 1.807) is 12.1 Å². The number of hydrogen-bond donors (Lipinski definition) is 1. The number of anilines is 1. The number of piperazine rings is 1. The van der Waals surface area contributed by atoms with E-state index in [1.807, 2.05) is 0 Å². The van der Waals surface area contributed by atoms with Crippen molar-refractivity contribution in [3.63, 3.8) is 0 Å². The van der Waals surface area contributed by atoms with Crippen molar-refractivity contribution >= 4 is 22.4 Å². The first-order chi connectivity index (χ1) is 12.0. The lowest BCUT2D eigenvalue weighted by Crippen LogP contribution is -2.52. The van der Waals surface area contributed by atoms with Gasteiger partial charge in [-0.2, -0.15) is 5.26 Å². The van der Waals surface area contributed by atoms with Crippen LogP contribution in [0, 0.1) is 21.4 Å². The summed E-state index contributed by atoms with van der Waals surface area (Å²) in [6, 6.07) is 8.51. The summed E-state index contributed by atoms with van der Waals surface area (Å²) in [5.41, 5.74) is 0.907. The van der Waals surface area contributed by atoms with Gasteiger partial charge in [0.1, 0.15) is 5.82 Å². The van der Waals surface area contributed by atoms with Crippen LogP contribution < -0.4 is 5.32 Å². The van der Waals surface area contributed by atoms with Crippen molar-refractivity contribution < 1.29 is 4.92 Å². The Kier molecular flexibility index (Phi) is 4.79. The molecule has 2 heterocycles. The lowest BCUT2D eigenvalue weighted by molar-refractivity contribution is -0.384. The van der Waals surface area contributed by atoms with E-state index in [-0.39, 0.29) is 5.69 Å². The van der Waals surface area contributed by atoms with Crippen molar-refractivity contribution in [1.82, 2.24) is 14.8 Å². The van der Waals surface area contributed by atoms with Gasteiger partial charge in [0.2, 0.25) is 0 Å². The van der Waals surface area contributed by atoms with Crippen LogP contribution in [0.5, 0.6) is 0 Å². The van der Waals surface area contributed by atoms with Crippen molar-refractivity contribution in [2.24, 2.45) is 0 Å². The molecule has 8 heteroatoms. The standard InChI is InChI=1S/C17H20N6O2/c1-21-5-6-22(2)14(11-21)10-19-17-7-12(9-18)15-8-13(23(24)25)3-4-16(15)20-17/h3-4,7-8,14H,5-6,10-11H2,1-2H3,(H,19,20)/t14-/m0/s1. The van der Waals surface area contributed by atoms with Gasteiger partial charge in [0.05, 0.1) is 22.1 Å². The highest BCUT2D eigenvalue weighted by atomic mass is 16.6. The summed E-state index contributed by atoms with van der Waals surface area (Å²) >= 11 is 0. The first-order valence-corrected chi connectivity index (χ1v) is 8.10. The smallest absolute Gasteiger partial charge is 0.270 e. The summed E-state index contributed by atoms with van der Waals surface area (Å²) < 4.78 is 0. The van der Waals surface area contributed by atoms with Gasteiger partial charge in [0.25, 0.3) is 5.69 Å². The quantitative estimate of drug-likeness (QED) is 0.668. The van der Waals surface area contributed by atoms with E-state index in [2.05, 4.69) is 40.3 Å². The van der Waals surface area contributed by atoms with Crippen LogP contribution in [-0.2, 0) is 0 Å². The van der Waals surface area contributed by atoms with Gasteiger partial charge in [-0.1, -0.05) is 0 Å². The summed E-state index contributed by atoms with van der Waals surface area (Å²) in [6.07, 6.45) is 0. The number of benzene rings is 1. The fourth-order valence-electron chi connectivity index (χ4n) is 3.05. The Balaban J connectivity index is 1.84. The van der Waals surface area contributed by atoms with Crippen LogP contribution in [0.2, 0.25) is 0 Å². The van der Waals surface area contributed by atoms with Crippen LogP contribution in [0.4, 0.5) is 11.5 Å². The molecule has 0 amide bonds. The third-order valence-electron chi connectivity index (χ3n) is 4.62. The van der Waals surface area contributed by atoms with Gasteiger partial charge in [0.15, 0.2) is 0 Å². The number of rotatable bonds is 4. The first kappa shape index (κ1) is 17.1. The predicted octanol–water partition coefficient (Wildman–Crippen LogP) is 1.67. The normalized spacial score (nSPS) is 18.8. The monoisotopic (exact) mass is 340 g/mol. The molecule has 1 aromatic heterocycles. The van der Waals surface area contributed by atoms with E-state index in [0.29, 0.717) is 28.3 Å². The number of pyridine rings is 1. The molecule has 0 radical (unpaired) electrons. The van der Waals surface area contributed by atoms with E-state index in [4.69, 9.17) is 0 Å². The molecule has 3 rings (SSSR count). The topological polar surface area (TPSA) is 98.3 Å². The highest BCUT2D eigenvalue weighted by Crippen LogP contribution is 2.25. The van der Waals surface area contributed by atoms with Crippen molar-refractivity contribution in [3.05, 3.63) is 39.9 Å². The molecule has 1 fully saturated rings. The summed E-state index contributed by atoms with van der Waals surface area (Å²) in [4.78, 5) is 19.6. The van der Waals surface area contributed by atoms with Crippen LogP contribution in [-0.4, -0.2) is 66.0 Å². The average molecular weight is 340 g/mol. The molecule has 25 heavy (non-hydrogen) atoms. The fourth-order valence-corrected chi connectivity index (χ4v) is 3.05. The minimum Gasteiger partial charge on any atom is -0.368 e. The lowest BCUT2D eigenvalue weighted by atomic mass is 10.1. The Hall–Kier alpha value is -2.76. The first-order valence-electron chi connectivity index (χ1n) is 8.10. The molecular weight excluding hydrogens is 320 g/mol. The van der Waals surface area contributed by atoms with Crippen LogP contribution >= 0.6 is 0 Å². The average Bonchev–Trinajstić information content (AvgIpc) is 2.61. The molecular formula is C17H20N6O2. The highest BCUT2D eigenvalue weighted by molar-refractivity contribution is 5.88. The molecule has 1 aliphatic rings. The second-order valence-corrected chi connectivity index (χ2v) is 6.40. The van der Waals surface area contributed by atoms with Crippen LogP contribution in [0.25, 0.3) is 10.9 Å². The zero-order chi connectivity index (χ0) is 18.0. The molecule has 8 nitrogen and oxygen atoms in total. The minimum absolute atomic E-state index is 0.0432. The van der Waals surface area contributed by atoms with Crippen molar-refractivity contribution in [2.45, 2.75) is 6.04 Å². The molecule has 0 bridgehead atoms. The maximum Gasteiger partial charge on any atom is 0.270 e. The van der Waals surface area contributed by atoms with Crippen LogP contribution in [0.1, 0.15) is 5.56 Å². The Morgan fingerprint density at radius 1 is 1.40 bits per heavy atom. The number of fused-ring (bicyclic) bond motifs is 1. The number of likely N-dealkylation sites (N-methyl/N-ethyl adjacent to an activating group) is 2. The third kappa shape index (κ3) is 3.68. The van der Waals surface area contributed by atoms with Gasteiger partial charge in [-0.3, -0.25) is 15.0 Å². The summed E-state index contributed by atoms with van der Waals surface area (Å²) in [6.45, 7) is 3.76. The Labute approximate surface area is 145 Å². The van der Waals surface area contributed by atoms with Gasteiger partial charge in [-0.05, 0) is 26.2 Å². The number of nitriles is 1. The number of nitro benzene ring substituents is 1. The minimum atomic E-state index is -0.470. The second-order valence-electron chi connectivity index (χ2n) is 6.40. The largest absolute Gasteiger partial charge is 0.368 e. The van der Waals surface area contributed by atoms with Gasteiger partial charge in [0, 0.05) is 49.7 Å². The van der Waals surface area contributed by atoms with E-state index < -0.39 is 4.92 Å². The summed E-state index contributed by atoms with van der Waals surface area (Å²) in [7, 11) is 4.21. The van der Waals surface area contributed by atoms with Crippen molar-refractivity contribution in [2.75, 3.05) is 45.6 Å². The molecule has 1 atom stereocenters. The predicted molar refractivity (Wildman–Crippen MR) is 95.5 cm³/mol. The maximum absolute atomic E-state index is 10.9. The number of aromatic nitrogens is 1. The van der Waals surface area contributed by atoms with Crippen molar-refractivity contribution in [1.29, 1.82) is 5.26 Å². The second kappa shape index (κ2) is 7.01. The number of nitrogens with one attached hydrogen (secondary N) is 1. The number of nitrogens with zero attached hydrogens (tertiary/aromatic N) is 5. The molecule has 2 aromatic rings. The van der Waals surface area contributed by atoms with E-state index in [9.17, 15) is 15.4 Å². The maximum atomic E-state index is 10.9. The third-order valence-corrected chi connectivity index (χ3v) is 4.62. The number of nitro groups is 1. The SMILES string of the molecule is CN1CCN(C)[C@@H](CNc2cc(C#N)c3cc([N+](=O)[O-])ccc3n2)C1. The number of non-ortho nitro benzene ring substituents is 1.